The zero-order chi connectivity index (χ0) is 19.3. The Balaban J connectivity index is 2.15. The first-order valence-corrected chi connectivity index (χ1v) is 8.82. The summed E-state index contributed by atoms with van der Waals surface area (Å²) in [4.78, 5) is 17.9. The molecule has 0 bridgehead atoms. The zero-order valence-corrected chi connectivity index (χ0v) is 15.5. The SMILES string of the molecule is COC[C@]1(C)OC(=O)[C@](CC#N)(Cc2ccccc2)N=C1c1ccccc1. The number of ether oxygens (including phenoxy) is 2. The van der Waals surface area contributed by atoms with Crippen LogP contribution in [0.2, 0.25) is 0 Å². The molecule has 2 atom stereocenters. The minimum Gasteiger partial charge on any atom is -0.448 e. The molecule has 1 aliphatic heterocycles. The Kier molecular flexibility index (Phi) is 5.38. The van der Waals surface area contributed by atoms with Gasteiger partial charge in [0.1, 0.15) is 0 Å². The average Bonchev–Trinajstić information content (AvgIpc) is 2.67. The lowest BCUT2D eigenvalue weighted by Gasteiger charge is -2.41. The van der Waals surface area contributed by atoms with Crippen LogP contribution in [0.5, 0.6) is 0 Å². The van der Waals surface area contributed by atoms with Crippen molar-refractivity contribution >= 4 is 11.7 Å². The second-order valence-corrected chi connectivity index (χ2v) is 6.91. The zero-order valence-electron chi connectivity index (χ0n) is 15.5. The Morgan fingerprint density at radius 1 is 1.11 bits per heavy atom. The first-order valence-electron chi connectivity index (χ1n) is 8.82. The Bertz CT molecular complexity index is 873. The molecule has 0 saturated carbocycles. The number of rotatable bonds is 6. The van der Waals surface area contributed by atoms with Crippen LogP contribution in [-0.4, -0.2) is 36.5 Å². The summed E-state index contributed by atoms with van der Waals surface area (Å²) < 4.78 is 11.2. The van der Waals surface area contributed by atoms with Gasteiger partial charge in [0.2, 0.25) is 0 Å². The Morgan fingerprint density at radius 3 is 2.33 bits per heavy atom. The van der Waals surface area contributed by atoms with Crippen molar-refractivity contribution in [2.24, 2.45) is 4.99 Å². The van der Waals surface area contributed by atoms with Crippen molar-refractivity contribution in [3.63, 3.8) is 0 Å². The van der Waals surface area contributed by atoms with Crippen LogP contribution in [0, 0.1) is 11.3 Å². The summed E-state index contributed by atoms with van der Waals surface area (Å²) in [5.41, 5.74) is 0.115. The first kappa shape index (κ1) is 18.8. The number of nitriles is 1. The normalized spacial score (nSPS) is 24.6. The fourth-order valence-electron chi connectivity index (χ4n) is 3.42. The van der Waals surface area contributed by atoms with Crippen LogP contribution in [0.1, 0.15) is 24.5 Å². The lowest BCUT2D eigenvalue weighted by atomic mass is 9.83. The highest BCUT2D eigenvalue weighted by Crippen LogP contribution is 2.35. The minimum absolute atomic E-state index is 0.0554. The van der Waals surface area contributed by atoms with Gasteiger partial charge in [0.25, 0.3) is 0 Å². The summed E-state index contributed by atoms with van der Waals surface area (Å²) in [7, 11) is 1.56. The molecule has 2 aromatic rings. The summed E-state index contributed by atoms with van der Waals surface area (Å²) in [6.07, 6.45) is 0.250. The van der Waals surface area contributed by atoms with E-state index in [0.717, 1.165) is 11.1 Å². The maximum Gasteiger partial charge on any atom is 0.336 e. The molecule has 0 saturated heterocycles. The van der Waals surface area contributed by atoms with E-state index in [2.05, 4.69) is 6.07 Å². The molecule has 5 heteroatoms. The standard InChI is InChI=1S/C22H22N2O3/c1-21(16-26-2)19(18-11-7-4-8-12-18)24-22(13-14-23,20(25)27-21)15-17-9-5-3-6-10-17/h3-12H,13,15-16H2,1-2H3/t21-,22-/m0/s1. The van der Waals surface area contributed by atoms with Crippen LogP contribution >= 0.6 is 0 Å². The van der Waals surface area contributed by atoms with E-state index < -0.39 is 17.1 Å². The molecule has 3 rings (SSSR count). The molecule has 0 unspecified atom stereocenters. The molecule has 0 N–H and O–H groups in total. The smallest absolute Gasteiger partial charge is 0.336 e. The van der Waals surface area contributed by atoms with Crippen molar-refractivity contribution in [3.8, 4) is 6.07 Å². The molecule has 1 heterocycles. The van der Waals surface area contributed by atoms with Crippen molar-refractivity contribution in [3.05, 3.63) is 71.8 Å². The van der Waals surface area contributed by atoms with Crippen LogP contribution in [0.4, 0.5) is 0 Å². The number of cyclic esters (lactones) is 1. The Morgan fingerprint density at radius 2 is 1.74 bits per heavy atom. The molecule has 0 amide bonds. The maximum atomic E-state index is 13.0. The number of aliphatic imine (C=N–C) groups is 1. The number of carbonyl (C=O) groups is 1. The van der Waals surface area contributed by atoms with Gasteiger partial charge in [-0.1, -0.05) is 60.7 Å². The fourth-order valence-corrected chi connectivity index (χ4v) is 3.42. The fraction of sp³-hybridized carbons (Fsp3) is 0.318. The highest BCUT2D eigenvalue weighted by Gasteiger charge is 2.51. The lowest BCUT2D eigenvalue weighted by molar-refractivity contribution is -0.164. The van der Waals surface area contributed by atoms with E-state index in [1.54, 1.807) is 14.0 Å². The van der Waals surface area contributed by atoms with Crippen molar-refractivity contribution in [2.45, 2.75) is 30.9 Å². The van der Waals surface area contributed by atoms with Gasteiger partial charge in [-0.2, -0.15) is 5.26 Å². The van der Waals surface area contributed by atoms with Gasteiger partial charge in [-0.25, -0.2) is 4.79 Å². The van der Waals surface area contributed by atoms with E-state index in [-0.39, 0.29) is 13.0 Å². The molecule has 0 aliphatic carbocycles. The van der Waals surface area contributed by atoms with E-state index in [4.69, 9.17) is 14.5 Å². The Labute approximate surface area is 159 Å². The van der Waals surface area contributed by atoms with Gasteiger partial charge in [-0.3, -0.25) is 4.99 Å². The number of methoxy groups -OCH3 is 1. The van der Waals surface area contributed by atoms with Crippen LogP contribution < -0.4 is 0 Å². The lowest BCUT2D eigenvalue weighted by Crippen LogP contribution is -2.56. The summed E-state index contributed by atoms with van der Waals surface area (Å²) >= 11 is 0. The summed E-state index contributed by atoms with van der Waals surface area (Å²) in [6, 6.07) is 21.3. The van der Waals surface area contributed by atoms with Gasteiger partial charge in [-0.05, 0) is 18.1 Å². The second kappa shape index (κ2) is 7.73. The third-order valence-corrected chi connectivity index (χ3v) is 4.70. The molecular formula is C22H22N2O3. The van der Waals surface area contributed by atoms with Crippen molar-refractivity contribution in [1.82, 2.24) is 0 Å². The highest BCUT2D eigenvalue weighted by molar-refractivity contribution is 6.10. The number of hydrogen-bond donors (Lipinski definition) is 0. The summed E-state index contributed by atoms with van der Waals surface area (Å²) in [5.74, 6) is -0.493. The van der Waals surface area contributed by atoms with E-state index in [9.17, 15) is 10.1 Å². The monoisotopic (exact) mass is 362 g/mol. The largest absolute Gasteiger partial charge is 0.448 e. The quantitative estimate of drug-likeness (QED) is 0.739. The molecule has 0 radical (unpaired) electrons. The second-order valence-electron chi connectivity index (χ2n) is 6.91. The van der Waals surface area contributed by atoms with Gasteiger partial charge >= 0.3 is 5.97 Å². The van der Waals surface area contributed by atoms with Crippen LogP contribution in [-0.2, 0) is 20.7 Å². The molecule has 5 nitrogen and oxygen atoms in total. The predicted octanol–water partition coefficient (Wildman–Crippen LogP) is 3.33. The van der Waals surface area contributed by atoms with E-state index >= 15 is 0 Å². The molecule has 2 aromatic carbocycles. The molecule has 27 heavy (non-hydrogen) atoms. The average molecular weight is 362 g/mol. The van der Waals surface area contributed by atoms with Gasteiger partial charge in [0.05, 0.1) is 24.8 Å². The number of benzene rings is 2. The number of esters is 1. The molecule has 0 aromatic heterocycles. The van der Waals surface area contributed by atoms with Gasteiger partial charge < -0.3 is 9.47 Å². The van der Waals surface area contributed by atoms with Crippen LogP contribution in [0.3, 0.4) is 0 Å². The van der Waals surface area contributed by atoms with Gasteiger partial charge in [-0.15, -0.1) is 0 Å². The van der Waals surface area contributed by atoms with Gasteiger partial charge in [0, 0.05) is 13.5 Å². The molecule has 138 valence electrons. The minimum atomic E-state index is -1.27. The highest BCUT2D eigenvalue weighted by atomic mass is 16.6. The molecule has 1 aliphatic rings. The van der Waals surface area contributed by atoms with Crippen molar-refractivity contribution < 1.29 is 14.3 Å². The maximum absolute atomic E-state index is 13.0. The number of hydrogen-bond acceptors (Lipinski definition) is 5. The van der Waals surface area contributed by atoms with Crippen molar-refractivity contribution in [1.29, 1.82) is 5.26 Å². The molecule has 0 fully saturated rings. The van der Waals surface area contributed by atoms with E-state index in [0.29, 0.717) is 12.1 Å². The van der Waals surface area contributed by atoms with Crippen LogP contribution in [0.15, 0.2) is 65.7 Å². The summed E-state index contributed by atoms with van der Waals surface area (Å²) in [6.45, 7) is 1.97. The molecular weight excluding hydrogens is 340 g/mol. The number of nitrogens with zero attached hydrogens (tertiary/aromatic N) is 2. The van der Waals surface area contributed by atoms with Crippen LogP contribution in [0.25, 0.3) is 0 Å². The van der Waals surface area contributed by atoms with Gasteiger partial charge in [0.15, 0.2) is 11.1 Å². The first-order chi connectivity index (χ1) is 13.0. The predicted molar refractivity (Wildman–Crippen MR) is 102 cm³/mol. The van der Waals surface area contributed by atoms with E-state index in [1.807, 2.05) is 60.7 Å². The summed E-state index contributed by atoms with van der Waals surface area (Å²) in [5, 5.41) is 9.42. The molecule has 0 spiro atoms. The topological polar surface area (TPSA) is 71.7 Å². The third-order valence-electron chi connectivity index (χ3n) is 4.70. The van der Waals surface area contributed by atoms with Crippen molar-refractivity contribution in [2.75, 3.05) is 13.7 Å². The Hall–Kier alpha value is -2.97. The number of carbonyl (C=O) groups excluding carboxylic acids is 1. The van der Waals surface area contributed by atoms with E-state index in [1.165, 1.54) is 0 Å². The third kappa shape index (κ3) is 3.76.